The Balaban J connectivity index is 0.00000392. The highest BCUT2D eigenvalue weighted by atomic mass is 127. The number of amides is 1. The molecule has 1 aromatic heterocycles. The Hall–Kier alpha value is -1.29. The number of halogens is 2. The van der Waals surface area contributed by atoms with Crippen molar-refractivity contribution in [3.8, 4) is 0 Å². The summed E-state index contributed by atoms with van der Waals surface area (Å²) in [5, 5.41) is 10.3. The molecular formula is C19H32ClIN6O. The summed E-state index contributed by atoms with van der Waals surface area (Å²) in [7, 11) is 0. The van der Waals surface area contributed by atoms with E-state index in [-0.39, 0.29) is 41.3 Å². The highest BCUT2D eigenvalue weighted by molar-refractivity contribution is 14.0. The molecule has 1 saturated heterocycles. The second kappa shape index (κ2) is 11.6. The van der Waals surface area contributed by atoms with Crippen molar-refractivity contribution in [1.29, 1.82) is 0 Å². The predicted molar refractivity (Wildman–Crippen MR) is 127 cm³/mol. The van der Waals surface area contributed by atoms with Gasteiger partial charge in [0.2, 0.25) is 5.91 Å². The monoisotopic (exact) mass is 522 g/mol. The molecule has 2 rings (SSSR count). The fraction of sp³-hybridized carbons (Fsp3) is 0.632. The van der Waals surface area contributed by atoms with E-state index in [0.717, 1.165) is 37.8 Å². The van der Waals surface area contributed by atoms with E-state index in [1.54, 1.807) is 6.20 Å². The summed E-state index contributed by atoms with van der Waals surface area (Å²) >= 11 is 6.25. The Morgan fingerprint density at radius 3 is 2.79 bits per heavy atom. The number of nitrogens with one attached hydrogen (secondary N) is 3. The SMILES string of the molecule is CCNC(=NCCNC(=O)C(C)(C)C)NC1CCN(c2ncccc2Cl)C1.I. The minimum absolute atomic E-state index is 0. The van der Waals surface area contributed by atoms with Gasteiger partial charge in [-0.2, -0.15) is 0 Å². The van der Waals surface area contributed by atoms with E-state index in [0.29, 0.717) is 18.1 Å². The topological polar surface area (TPSA) is 81.6 Å². The number of carbonyl (C=O) groups excluding carboxylic acids is 1. The number of guanidine groups is 1. The summed E-state index contributed by atoms with van der Waals surface area (Å²) < 4.78 is 0. The number of pyridine rings is 1. The number of aliphatic imine (C=N–C) groups is 1. The van der Waals surface area contributed by atoms with Crippen LogP contribution in [0, 0.1) is 5.41 Å². The van der Waals surface area contributed by atoms with E-state index in [4.69, 9.17) is 11.6 Å². The van der Waals surface area contributed by atoms with Gasteiger partial charge in [-0.3, -0.25) is 9.79 Å². The van der Waals surface area contributed by atoms with E-state index in [9.17, 15) is 4.79 Å². The maximum Gasteiger partial charge on any atom is 0.225 e. The average molecular weight is 523 g/mol. The molecule has 1 unspecified atom stereocenters. The normalized spacial score (nSPS) is 17.1. The number of nitrogens with zero attached hydrogens (tertiary/aromatic N) is 3. The summed E-state index contributed by atoms with van der Waals surface area (Å²) in [6.07, 6.45) is 2.75. The minimum atomic E-state index is -0.382. The van der Waals surface area contributed by atoms with Crippen LogP contribution in [0.3, 0.4) is 0 Å². The number of hydrogen-bond donors (Lipinski definition) is 3. The van der Waals surface area contributed by atoms with Crippen molar-refractivity contribution in [2.45, 2.75) is 40.2 Å². The molecule has 158 valence electrons. The van der Waals surface area contributed by atoms with E-state index in [1.165, 1.54) is 0 Å². The molecule has 1 fully saturated rings. The third kappa shape index (κ3) is 7.62. The molecule has 1 aromatic rings. The van der Waals surface area contributed by atoms with Crippen LogP contribution in [0.1, 0.15) is 34.1 Å². The van der Waals surface area contributed by atoms with E-state index >= 15 is 0 Å². The van der Waals surface area contributed by atoms with Gasteiger partial charge < -0.3 is 20.9 Å². The molecule has 1 aliphatic heterocycles. The predicted octanol–water partition coefficient (Wildman–Crippen LogP) is 2.65. The van der Waals surface area contributed by atoms with Crippen molar-refractivity contribution in [1.82, 2.24) is 20.9 Å². The lowest BCUT2D eigenvalue weighted by Crippen LogP contribution is -2.45. The van der Waals surface area contributed by atoms with Gasteiger partial charge in [-0.25, -0.2) is 4.98 Å². The first-order valence-electron chi connectivity index (χ1n) is 9.50. The number of anilines is 1. The molecule has 1 atom stereocenters. The first-order chi connectivity index (χ1) is 12.8. The van der Waals surface area contributed by atoms with Crippen LogP contribution in [-0.2, 0) is 4.79 Å². The molecule has 2 heterocycles. The zero-order valence-electron chi connectivity index (χ0n) is 17.1. The Kier molecular flexibility index (Phi) is 10.3. The molecule has 3 N–H and O–H groups in total. The zero-order valence-corrected chi connectivity index (χ0v) is 20.2. The molecular weight excluding hydrogens is 491 g/mol. The fourth-order valence-electron chi connectivity index (χ4n) is 2.80. The molecule has 28 heavy (non-hydrogen) atoms. The van der Waals surface area contributed by atoms with Crippen molar-refractivity contribution >= 4 is 53.3 Å². The molecule has 0 saturated carbocycles. The quantitative estimate of drug-likeness (QED) is 0.232. The van der Waals surface area contributed by atoms with Crippen LogP contribution < -0.4 is 20.9 Å². The Morgan fingerprint density at radius 2 is 2.14 bits per heavy atom. The van der Waals surface area contributed by atoms with Gasteiger partial charge in [-0.1, -0.05) is 32.4 Å². The van der Waals surface area contributed by atoms with E-state index in [1.807, 2.05) is 39.8 Å². The summed E-state index contributed by atoms with van der Waals surface area (Å²) in [5.74, 6) is 1.63. The molecule has 9 heteroatoms. The van der Waals surface area contributed by atoms with Gasteiger partial charge in [0, 0.05) is 43.8 Å². The minimum Gasteiger partial charge on any atom is -0.357 e. The van der Waals surface area contributed by atoms with Crippen molar-refractivity contribution in [2.24, 2.45) is 10.4 Å². The van der Waals surface area contributed by atoms with Crippen LogP contribution in [-0.4, -0.2) is 55.6 Å². The highest BCUT2D eigenvalue weighted by Crippen LogP contribution is 2.25. The van der Waals surface area contributed by atoms with Crippen LogP contribution in [0.4, 0.5) is 5.82 Å². The summed E-state index contributed by atoms with van der Waals surface area (Å²) in [5.41, 5.74) is -0.382. The van der Waals surface area contributed by atoms with Crippen LogP contribution in [0.15, 0.2) is 23.3 Å². The Morgan fingerprint density at radius 1 is 1.39 bits per heavy atom. The van der Waals surface area contributed by atoms with Crippen LogP contribution >= 0.6 is 35.6 Å². The van der Waals surface area contributed by atoms with Gasteiger partial charge in [0.1, 0.15) is 5.82 Å². The number of hydrogen-bond acceptors (Lipinski definition) is 4. The molecule has 1 amide bonds. The van der Waals surface area contributed by atoms with Crippen molar-refractivity contribution in [3.05, 3.63) is 23.4 Å². The van der Waals surface area contributed by atoms with E-state index in [2.05, 4.69) is 30.8 Å². The van der Waals surface area contributed by atoms with Crippen molar-refractivity contribution in [3.63, 3.8) is 0 Å². The van der Waals surface area contributed by atoms with Crippen LogP contribution in [0.5, 0.6) is 0 Å². The third-order valence-electron chi connectivity index (χ3n) is 4.26. The van der Waals surface area contributed by atoms with Gasteiger partial charge in [-0.05, 0) is 25.5 Å². The second-order valence-corrected chi connectivity index (χ2v) is 8.06. The first kappa shape index (κ1) is 24.7. The summed E-state index contributed by atoms with van der Waals surface area (Å²) in [6.45, 7) is 11.3. The lowest BCUT2D eigenvalue weighted by Gasteiger charge is -2.20. The largest absolute Gasteiger partial charge is 0.357 e. The lowest BCUT2D eigenvalue weighted by molar-refractivity contribution is -0.128. The molecule has 1 aliphatic rings. The number of aromatic nitrogens is 1. The van der Waals surface area contributed by atoms with Gasteiger partial charge in [0.05, 0.1) is 11.6 Å². The maximum atomic E-state index is 11.9. The van der Waals surface area contributed by atoms with Gasteiger partial charge in [0.25, 0.3) is 0 Å². The first-order valence-corrected chi connectivity index (χ1v) is 9.87. The zero-order chi connectivity index (χ0) is 19.9. The molecule has 7 nitrogen and oxygen atoms in total. The van der Waals surface area contributed by atoms with Crippen molar-refractivity contribution in [2.75, 3.05) is 37.6 Å². The molecule has 0 radical (unpaired) electrons. The smallest absolute Gasteiger partial charge is 0.225 e. The summed E-state index contributed by atoms with van der Waals surface area (Å²) in [6, 6.07) is 3.97. The van der Waals surface area contributed by atoms with Gasteiger partial charge in [-0.15, -0.1) is 24.0 Å². The molecule has 0 spiro atoms. The van der Waals surface area contributed by atoms with Crippen molar-refractivity contribution < 1.29 is 4.79 Å². The standard InChI is InChI=1S/C19H31ClN6O.HI/c1-5-21-18(24-11-10-23-17(27)19(2,3)4)25-14-8-12-26(13-14)16-15(20)7-6-9-22-16;/h6-7,9,14H,5,8,10-13H2,1-4H3,(H,23,27)(H2,21,24,25);1H. The number of rotatable bonds is 6. The van der Waals surface area contributed by atoms with E-state index < -0.39 is 0 Å². The molecule has 0 aromatic carbocycles. The third-order valence-corrected chi connectivity index (χ3v) is 4.56. The lowest BCUT2D eigenvalue weighted by atomic mass is 9.96. The second-order valence-electron chi connectivity index (χ2n) is 7.65. The number of carbonyl (C=O) groups is 1. The van der Waals surface area contributed by atoms with Crippen LogP contribution in [0.2, 0.25) is 5.02 Å². The van der Waals surface area contributed by atoms with Gasteiger partial charge in [0.15, 0.2) is 5.96 Å². The van der Waals surface area contributed by atoms with Gasteiger partial charge >= 0.3 is 0 Å². The molecule has 0 aliphatic carbocycles. The maximum absolute atomic E-state index is 11.9. The summed E-state index contributed by atoms with van der Waals surface area (Å²) in [4.78, 5) is 23.0. The molecule has 0 bridgehead atoms. The highest BCUT2D eigenvalue weighted by Gasteiger charge is 2.25. The Bertz CT molecular complexity index is 664. The fourth-order valence-corrected chi connectivity index (χ4v) is 3.04. The van der Waals surface area contributed by atoms with Crippen LogP contribution in [0.25, 0.3) is 0 Å². The average Bonchev–Trinajstić information content (AvgIpc) is 3.06. The Labute approximate surface area is 190 Å².